The summed E-state index contributed by atoms with van der Waals surface area (Å²) >= 11 is 0. The van der Waals surface area contributed by atoms with Crippen LogP contribution in [0.2, 0.25) is 0 Å². The van der Waals surface area contributed by atoms with Gasteiger partial charge in [-0.2, -0.15) is 0 Å². The van der Waals surface area contributed by atoms with Crippen molar-refractivity contribution in [1.82, 2.24) is 10.2 Å². The van der Waals surface area contributed by atoms with Crippen molar-refractivity contribution < 1.29 is 9.47 Å². The highest BCUT2D eigenvalue weighted by molar-refractivity contribution is 5.77. The van der Waals surface area contributed by atoms with Gasteiger partial charge in [0.25, 0.3) is 0 Å². The molecule has 0 radical (unpaired) electrons. The summed E-state index contributed by atoms with van der Waals surface area (Å²) < 4.78 is 10.6. The fraction of sp³-hybridized carbons (Fsp3) is 0.667. The standard InChI is InChI=1S/C21H36N4O2/c1-17-8-4-6-14-25(17)15-7-5-12-23-21(22)24-13-11-18-9-10-19(26-2)20(16-18)27-3/h9-10,16-17H,4-8,11-15H2,1-3H3,(H3,22,23,24). The van der Waals surface area contributed by atoms with E-state index in [4.69, 9.17) is 15.2 Å². The highest BCUT2D eigenvalue weighted by Crippen LogP contribution is 2.27. The molecule has 1 unspecified atom stereocenters. The molecule has 1 aromatic rings. The van der Waals surface area contributed by atoms with Crippen molar-refractivity contribution in [3.63, 3.8) is 0 Å². The number of likely N-dealkylation sites (tertiary alicyclic amines) is 1. The topological polar surface area (TPSA) is 72.1 Å². The second kappa shape index (κ2) is 11.7. The molecule has 6 heteroatoms. The zero-order valence-corrected chi connectivity index (χ0v) is 17.2. The average Bonchev–Trinajstić information content (AvgIpc) is 2.69. The zero-order chi connectivity index (χ0) is 19.5. The third kappa shape index (κ3) is 7.29. The largest absolute Gasteiger partial charge is 0.493 e. The van der Waals surface area contributed by atoms with E-state index in [0.717, 1.165) is 43.5 Å². The molecule has 0 amide bonds. The Balaban J connectivity index is 1.61. The van der Waals surface area contributed by atoms with Gasteiger partial charge in [0.1, 0.15) is 0 Å². The summed E-state index contributed by atoms with van der Waals surface area (Å²) in [5.74, 6) is 2.02. The van der Waals surface area contributed by atoms with Crippen LogP contribution in [-0.4, -0.2) is 57.3 Å². The molecule has 1 aliphatic rings. The van der Waals surface area contributed by atoms with Gasteiger partial charge in [-0.25, -0.2) is 0 Å². The SMILES string of the molecule is COc1ccc(CCNC(N)=NCCCCN2CCCCC2C)cc1OC. The van der Waals surface area contributed by atoms with E-state index in [1.54, 1.807) is 14.2 Å². The van der Waals surface area contributed by atoms with Crippen molar-refractivity contribution in [2.24, 2.45) is 10.7 Å². The van der Waals surface area contributed by atoms with Crippen molar-refractivity contribution in [3.8, 4) is 11.5 Å². The molecule has 6 nitrogen and oxygen atoms in total. The molecular formula is C21H36N4O2. The first kappa shape index (κ1) is 21.4. The van der Waals surface area contributed by atoms with Crippen molar-refractivity contribution in [1.29, 1.82) is 0 Å². The third-order valence-electron chi connectivity index (χ3n) is 5.24. The fourth-order valence-corrected chi connectivity index (χ4v) is 3.54. The molecule has 0 aliphatic carbocycles. The number of nitrogens with two attached hydrogens (primary N) is 1. The number of nitrogens with one attached hydrogen (secondary N) is 1. The molecule has 0 spiro atoms. The Kier molecular flexibility index (Phi) is 9.25. The Hall–Kier alpha value is -1.95. The lowest BCUT2D eigenvalue weighted by atomic mass is 10.0. The van der Waals surface area contributed by atoms with E-state index in [9.17, 15) is 0 Å². The summed E-state index contributed by atoms with van der Waals surface area (Å²) in [6, 6.07) is 6.70. The molecule has 3 N–H and O–H groups in total. The minimum atomic E-state index is 0.529. The molecular weight excluding hydrogens is 340 g/mol. The van der Waals surface area contributed by atoms with E-state index in [1.165, 1.54) is 44.3 Å². The van der Waals surface area contributed by atoms with Gasteiger partial charge in [0.2, 0.25) is 0 Å². The molecule has 0 saturated carbocycles. The summed E-state index contributed by atoms with van der Waals surface area (Å²) in [6.07, 6.45) is 7.19. The number of nitrogens with zero attached hydrogens (tertiary/aromatic N) is 2. The van der Waals surface area contributed by atoms with Crippen LogP contribution in [0.4, 0.5) is 0 Å². The van der Waals surface area contributed by atoms with Gasteiger partial charge in [0.15, 0.2) is 17.5 Å². The predicted octanol–water partition coefficient (Wildman–Crippen LogP) is 2.81. The highest BCUT2D eigenvalue weighted by Gasteiger charge is 2.16. The predicted molar refractivity (Wildman–Crippen MR) is 112 cm³/mol. The molecule has 152 valence electrons. The lowest BCUT2D eigenvalue weighted by Gasteiger charge is -2.33. The Morgan fingerprint density at radius 3 is 2.78 bits per heavy atom. The molecule has 1 aromatic carbocycles. The zero-order valence-electron chi connectivity index (χ0n) is 17.2. The van der Waals surface area contributed by atoms with Crippen LogP contribution in [-0.2, 0) is 6.42 Å². The molecule has 1 saturated heterocycles. The van der Waals surface area contributed by atoms with Crippen molar-refractivity contribution >= 4 is 5.96 Å². The maximum Gasteiger partial charge on any atom is 0.188 e. The Morgan fingerprint density at radius 2 is 2.04 bits per heavy atom. The molecule has 2 rings (SSSR count). The van der Waals surface area contributed by atoms with Crippen LogP contribution in [0, 0.1) is 0 Å². The molecule has 1 atom stereocenters. The van der Waals surface area contributed by atoms with Crippen LogP contribution in [0.1, 0.15) is 44.6 Å². The Bertz CT molecular complexity index is 592. The third-order valence-corrected chi connectivity index (χ3v) is 5.24. The molecule has 1 fully saturated rings. The number of hydrogen-bond acceptors (Lipinski definition) is 4. The van der Waals surface area contributed by atoms with Crippen molar-refractivity contribution in [2.75, 3.05) is 40.4 Å². The van der Waals surface area contributed by atoms with Crippen molar-refractivity contribution in [3.05, 3.63) is 23.8 Å². The van der Waals surface area contributed by atoms with Crippen LogP contribution in [0.5, 0.6) is 11.5 Å². The van der Waals surface area contributed by atoms with Crippen molar-refractivity contribution in [2.45, 2.75) is 51.5 Å². The quantitative estimate of drug-likeness (QED) is 0.373. The van der Waals surface area contributed by atoms with Gasteiger partial charge in [-0.3, -0.25) is 4.99 Å². The first-order chi connectivity index (χ1) is 13.1. The highest BCUT2D eigenvalue weighted by atomic mass is 16.5. The maximum absolute atomic E-state index is 5.97. The summed E-state index contributed by atoms with van der Waals surface area (Å²) in [5.41, 5.74) is 7.14. The smallest absolute Gasteiger partial charge is 0.188 e. The van der Waals surface area contributed by atoms with Crippen LogP contribution in [0.15, 0.2) is 23.2 Å². The summed E-state index contributed by atoms with van der Waals surface area (Å²) in [6.45, 7) is 6.32. The molecule has 27 heavy (non-hydrogen) atoms. The summed E-state index contributed by atoms with van der Waals surface area (Å²) in [7, 11) is 3.29. The van der Waals surface area contributed by atoms with Gasteiger partial charge in [-0.1, -0.05) is 12.5 Å². The fourth-order valence-electron chi connectivity index (χ4n) is 3.54. The monoisotopic (exact) mass is 376 g/mol. The van der Waals surface area contributed by atoms with Gasteiger partial charge < -0.3 is 25.4 Å². The van der Waals surface area contributed by atoms with Crippen LogP contribution in [0.25, 0.3) is 0 Å². The van der Waals surface area contributed by atoms with E-state index in [0.29, 0.717) is 5.96 Å². The number of hydrogen-bond donors (Lipinski definition) is 2. The number of ether oxygens (including phenoxy) is 2. The normalized spacial score (nSPS) is 18.3. The molecule has 1 heterocycles. The average molecular weight is 377 g/mol. The Morgan fingerprint density at radius 1 is 1.22 bits per heavy atom. The van der Waals surface area contributed by atoms with Crippen LogP contribution >= 0.6 is 0 Å². The number of methoxy groups -OCH3 is 2. The van der Waals surface area contributed by atoms with E-state index in [1.807, 2.05) is 18.2 Å². The number of guanidine groups is 1. The van der Waals surface area contributed by atoms with E-state index in [2.05, 4.69) is 22.1 Å². The number of rotatable bonds is 10. The van der Waals surface area contributed by atoms with Gasteiger partial charge in [-0.15, -0.1) is 0 Å². The van der Waals surface area contributed by atoms with Crippen LogP contribution in [0.3, 0.4) is 0 Å². The van der Waals surface area contributed by atoms with Gasteiger partial charge >= 0.3 is 0 Å². The molecule has 0 aromatic heterocycles. The summed E-state index contributed by atoms with van der Waals surface area (Å²) in [5, 5.41) is 3.19. The van der Waals surface area contributed by atoms with E-state index in [-0.39, 0.29) is 0 Å². The lowest BCUT2D eigenvalue weighted by molar-refractivity contribution is 0.158. The van der Waals surface area contributed by atoms with E-state index < -0.39 is 0 Å². The summed E-state index contributed by atoms with van der Waals surface area (Å²) in [4.78, 5) is 7.05. The first-order valence-electron chi connectivity index (χ1n) is 10.1. The molecule has 0 bridgehead atoms. The Labute approximate surface area is 164 Å². The van der Waals surface area contributed by atoms with Gasteiger partial charge in [0, 0.05) is 19.1 Å². The number of unbranched alkanes of at least 4 members (excludes halogenated alkanes) is 1. The van der Waals surface area contributed by atoms with Crippen LogP contribution < -0.4 is 20.5 Å². The van der Waals surface area contributed by atoms with Gasteiger partial charge in [-0.05, 0) is 69.8 Å². The maximum atomic E-state index is 5.97. The lowest BCUT2D eigenvalue weighted by Crippen LogP contribution is -2.38. The second-order valence-corrected chi connectivity index (χ2v) is 7.22. The van der Waals surface area contributed by atoms with E-state index >= 15 is 0 Å². The first-order valence-corrected chi connectivity index (χ1v) is 10.1. The minimum Gasteiger partial charge on any atom is -0.493 e. The number of benzene rings is 1. The molecule has 1 aliphatic heterocycles. The van der Waals surface area contributed by atoms with Gasteiger partial charge in [0.05, 0.1) is 14.2 Å². The second-order valence-electron chi connectivity index (χ2n) is 7.22. The minimum absolute atomic E-state index is 0.529. The number of aliphatic imine (C=N–C) groups is 1. The number of piperidine rings is 1.